The monoisotopic (exact) mass is 306 g/mol. The number of hydrogen-bond donors (Lipinski definition) is 1. The van der Waals surface area contributed by atoms with Crippen LogP contribution in [0.1, 0.15) is 22.6 Å². The molecular weight excluding hydrogens is 284 g/mol. The number of ether oxygens (including phenoxy) is 2. The number of nitrogens with two attached hydrogens (primary N) is 1. The predicted octanol–water partition coefficient (Wildman–Crippen LogP) is 2.94. The summed E-state index contributed by atoms with van der Waals surface area (Å²) in [4.78, 5) is 5.54. The molecule has 1 aromatic heterocycles. The lowest BCUT2D eigenvalue weighted by Gasteiger charge is -2.08. The molecule has 0 spiro atoms. The molecule has 0 fully saturated rings. The quantitative estimate of drug-likeness (QED) is 0.724. The fraction of sp³-hybridized carbons (Fsp3) is 0.438. The molecule has 0 atom stereocenters. The molecule has 114 valence electrons. The zero-order valence-electron chi connectivity index (χ0n) is 12.4. The maximum absolute atomic E-state index is 5.68. The highest BCUT2D eigenvalue weighted by Gasteiger charge is 2.01. The highest BCUT2D eigenvalue weighted by molar-refractivity contribution is 7.09. The lowest BCUT2D eigenvalue weighted by Crippen LogP contribution is -2.05. The SMILES string of the molecule is Cc1ncsc1CCOCCCOc1cccc(CN)c1. The van der Waals surface area contributed by atoms with Gasteiger partial charge in [-0.15, -0.1) is 11.3 Å². The molecule has 0 aliphatic rings. The van der Waals surface area contributed by atoms with E-state index in [-0.39, 0.29) is 0 Å². The smallest absolute Gasteiger partial charge is 0.119 e. The summed E-state index contributed by atoms with van der Waals surface area (Å²) in [5.41, 5.74) is 9.69. The van der Waals surface area contributed by atoms with Crippen LogP contribution < -0.4 is 10.5 Å². The van der Waals surface area contributed by atoms with E-state index in [4.69, 9.17) is 15.2 Å². The molecule has 0 amide bonds. The maximum Gasteiger partial charge on any atom is 0.119 e. The van der Waals surface area contributed by atoms with Crippen molar-refractivity contribution in [1.29, 1.82) is 0 Å². The van der Waals surface area contributed by atoms with Crippen molar-refractivity contribution in [3.05, 3.63) is 45.9 Å². The standard InChI is InChI=1S/C16H22N2O2S/c1-13-16(21-12-18-13)6-9-19-7-3-8-20-15-5-2-4-14(10-15)11-17/h2,4-5,10,12H,3,6-9,11,17H2,1H3. The summed E-state index contributed by atoms with van der Waals surface area (Å²) in [7, 11) is 0. The van der Waals surface area contributed by atoms with Crippen molar-refractivity contribution in [3.8, 4) is 5.75 Å². The number of benzene rings is 1. The minimum atomic E-state index is 0.539. The summed E-state index contributed by atoms with van der Waals surface area (Å²) >= 11 is 1.69. The minimum Gasteiger partial charge on any atom is -0.493 e. The van der Waals surface area contributed by atoms with Crippen molar-refractivity contribution >= 4 is 11.3 Å². The molecule has 2 aromatic rings. The van der Waals surface area contributed by atoms with Crippen molar-refractivity contribution in [3.63, 3.8) is 0 Å². The van der Waals surface area contributed by atoms with E-state index in [2.05, 4.69) is 4.98 Å². The molecule has 2 N–H and O–H groups in total. The molecular formula is C16H22N2O2S. The van der Waals surface area contributed by atoms with Gasteiger partial charge in [0.15, 0.2) is 0 Å². The van der Waals surface area contributed by atoms with E-state index < -0.39 is 0 Å². The van der Waals surface area contributed by atoms with Crippen LogP contribution in [0.25, 0.3) is 0 Å². The normalized spacial score (nSPS) is 10.8. The van der Waals surface area contributed by atoms with Crippen LogP contribution in [0.4, 0.5) is 0 Å². The van der Waals surface area contributed by atoms with Crippen molar-refractivity contribution in [2.75, 3.05) is 19.8 Å². The molecule has 4 nitrogen and oxygen atoms in total. The van der Waals surface area contributed by atoms with Gasteiger partial charge >= 0.3 is 0 Å². The number of aromatic nitrogens is 1. The number of hydrogen-bond acceptors (Lipinski definition) is 5. The first-order valence-corrected chi connectivity index (χ1v) is 8.06. The maximum atomic E-state index is 5.68. The van der Waals surface area contributed by atoms with Gasteiger partial charge in [0.25, 0.3) is 0 Å². The first-order valence-electron chi connectivity index (χ1n) is 7.18. The van der Waals surface area contributed by atoms with E-state index in [0.29, 0.717) is 19.8 Å². The summed E-state index contributed by atoms with van der Waals surface area (Å²) in [6.45, 7) is 4.69. The Morgan fingerprint density at radius 3 is 2.90 bits per heavy atom. The third-order valence-electron chi connectivity index (χ3n) is 3.15. The number of rotatable bonds is 9. The van der Waals surface area contributed by atoms with E-state index in [1.807, 2.05) is 36.7 Å². The Hall–Kier alpha value is -1.43. The van der Waals surface area contributed by atoms with Gasteiger partial charge in [-0.05, 0) is 24.6 Å². The van der Waals surface area contributed by atoms with Crippen LogP contribution in [0.2, 0.25) is 0 Å². The van der Waals surface area contributed by atoms with Gasteiger partial charge in [0.1, 0.15) is 5.75 Å². The van der Waals surface area contributed by atoms with E-state index in [1.54, 1.807) is 11.3 Å². The van der Waals surface area contributed by atoms with Gasteiger partial charge in [-0.3, -0.25) is 0 Å². The van der Waals surface area contributed by atoms with Crippen LogP contribution in [0.3, 0.4) is 0 Å². The molecule has 2 rings (SSSR count). The molecule has 21 heavy (non-hydrogen) atoms. The molecule has 0 bridgehead atoms. The Labute approximate surface area is 129 Å². The molecule has 0 radical (unpaired) electrons. The molecule has 1 aromatic carbocycles. The summed E-state index contributed by atoms with van der Waals surface area (Å²) in [5, 5.41) is 0. The molecule has 0 saturated heterocycles. The minimum absolute atomic E-state index is 0.539. The third-order valence-corrected chi connectivity index (χ3v) is 4.15. The van der Waals surface area contributed by atoms with Crippen LogP contribution in [-0.4, -0.2) is 24.8 Å². The van der Waals surface area contributed by atoms with E-state index in [9.17, 15) is 0 Å². The van der Waals surface area contributed by atoms with Gasteiger partial charge < -0.3 is 15.2 Å². The van der Waals surface area contributed by atoms with Crippen LogP contribution in [0, 0.1) is 6.92 Å². The zero-order valence-corrected chi connectivity index (χ0v) is 13.2. The third kappa shape index (κ3) is 5.46. The zero-order chi connectivity index (χ0) is 14.9. The summed E-state index contributed by atoms with van der Waals surface area (Å²) < 4.78 is 11.3. The Morgan fingerprint density at radius 1 is 1.24 bits per heavy atom. The topological polar surface area (TPSA) is 57.4 Å². The largest absolute Gasteiger partial charge is 0.493 e. The van der Waals surface area contributed by atoms with Gasteiger partial charge in [0.05, 0.1) is 24.4 Å². The second-order valence-corrected chi connectivity index (χ2v) is 5.72. The lowest BCUT2D eigenvalue weighted by molar-refractivity contribution is 0.122. The molecule has 0 aliphatic carbocycles. The first kappa shape index (κ1) is 15.9. The van der Waals surface area contributed by atoms with E-state index in [1.165, 1.54) is 4.88 Å². The van der Waals surface area contributed by atoms with Gasteiger partial charge in [0, 0.05) is 30.9 Å². The first-order chi connectivity index (χ1) is 10.3. The highest BCUT2D eigenvalue weighted by atomic mass is 32.1. The second-order valence-electron chi connectivity index (χ2n) is 4.78. The van der Waals surface area contributed by atoms with Crippen LogP contribution >= 0.6 is 11.3 Å². The number of thiazole rings is 1. The average molecular weight is 306 g/mol. The van der Waals surface area contributed by atoms with Crippen molar-refractivity contribution in [1.82, 2.24) is 4.98 Å². The van der Waals surface area contributed by atoms with Crippen LogP contribution in [0.5, 0.6) is 5.75 Å². The van der Waals surface area contributed by atoms with E-state index in [0.717, 1.165) is 36.5 Å². The van der Waals surface area contributed by atoms with Gasteiger partial charge in [-0.2, -0.15) is 0 Å². The van der Waals surface area contributed by atoms with Crippen molar-refractivity contribution < 1.29 is 9.47 Å². The second kappa shape index (κ2) is 8.77. The van der Waals surface area contributed by atoms with Crippen LogP contribution in [0.15, 0.2) is 29.8 Å². The fourth-order valence-corrected chi connectivity index (χ4v) is 2.71. The molecule has 0 saturated carbocycles. The Morgan fingerprint density at radius 2 is 2.14 bits per heavy atom. The molecule has 0 unspecified atom stereocenters. The fourth-order valence-electron chi connectivity index (χ4n) is 1.95. The summed E-state index contributed by atoms with van der Waals surface area (Å²) in [6.07, 6.45) is 1.82. The molecule has 0 aliphatic heterocycles. The predicted molar refractivity (Wildman–Crippen MR) is 85.8 cm³/mol. The summed E-state index contributed by atoms with van der Waals surface area (Å²) in [6, 6.07) is 7.89. The van der Waals surface area contributed by atoms with Crippen molar-refractivity contribution in [2.24, 2.45) is 5.73 Å². The Balaban J connectivity index is 1.55. The lowest BCUT2D eigenvalue weighted by atomic mass is 10.2. The average Bonchev–Trinajstić information content (AvgIpc) is 2.92. The van der Waals surface area contributed by atoms with Crippen LogP contribution in [-0.2, 0) is 17.7 Å². The van der Waals surface area contributed by atoms with Gasteiger partial charge in [0.2, 0.25) is 0 Å². The Kier molecular flexibility index (Phi) is 6.66. The Bertz CT molecular complexity index is 543. The van der Waals surface area contributed by atoms with Crippen molar-refractivity contribution in [2.45, 2.75) is 26.3 Å². The number of aryl methyl sites for hydroxylation is 1. The highest BCUT2D eigenvalue weighted by Crippen LogP contribution is 2.14. The molecule has 1 heterocycles. The summed E-state index contributed by atoms with van der Waals surface area (Å²) in [5.74, 6) is 0.873. The van der Waals surface area contributed by atoms with Gasteiger partial charge in [-0.25, -0.2) is 4.98 Å². The van der Waals surface area contributed by atoms with Gasteiger partial charge in [-0.1, -0.05) is 12.1 Å². The number of nitrogens with zero attached hydrogens (tertiary/aromatic N) is 1. The molecule has 5 heteroatoms. The van der Waals surface area contributed by atoms with E-state index >= 15 is 0 Å².